The van der Waals surface area contributed by atoms with Gasteiger partial charge in [0.2, 0.25) is 5.75 Å². The van der Waals surface area contributed by atoms with Gasteiger partial charge in [-0.15, -0.1) is 0 Å². The van der Waals surface area contributed by atoms with Gasteiger partial charge < -0.3 is 24.8 Å². The molecule has 0 atom stereocenters. The fourth-order valence-electron chi connectivity index (χ4n) is 3.02. The van der Waals surface area contributed by atoms with Crippen molar-refractivity contribution in [2.75, 3.05) is 31.4 Å². The van der Waals surface area contributed by atoms with Crippen LogP contribution in [0.15, 0.2) is 66.7 Å². The predicted octanol–water partition coefficient (Wildman–Crippen LogP) is 5.51. The van der Waals surface area contributed by atoms with Crippen LogP contribution in [0, 0.1) is 0 Å². The SMILES string of the molecule is COc1cc(C(=O)Nc2ccccc2NCC(F)(F)F)cc(OC)c1OCc1ccccc1. The highest BCUT2D eigenvalue weighted by atomic mass is 19.4. The average molecular weight is 460 g/mol. The summed E-state index contributed by atoms with van der Waals surface area (Å²) in [5, 5.41) is 4.91. The maximum absolute atomic E-state index is 12.9. The molecule has 33 heavy (non-hydrogen) atoms. The van der Waals surface area contributed by atoms with E-state index >= 15 is 0 Å². The van der Waals surface area contributed by atoms with Crippen LogP contribution in [0.3, 0.4) is 0 Å². The Morgan fingerprint density at radius 2 is 1.45 bits per heavy atom. The number of carbonyl (C=O) groups excluding carboxylic acids is 1. The molecule has 3 rings (SSSR count). The zero-order valence-electron chi connectivity index (χ0n) is 18.0. The molecule has 0 saturated heterocycles. The fraction of sp³-hybridized carbons (Fsp3) is 0.208. The van der Waals surface area contributed by atoms with E-state index in [9.17, 15) is 18.0 Å². The van der Waals surface area contributed by atoms with Crippen molar-refractivity contribution in [2.45, 2.75) is 12.8 Å². The summed E-state index contributed by atoms with van der Waals surface area (Å²) >= 11 is 0. The van der Waals surface area contributed by atoms with Crippen LogP contribution >= 0.6 is 0 Å². The lowest BCUT2D eigenvalue weighted by Gasteiger charge is -2.17. The Kier molecular flexibility index (Phi) is 7.66. The van der Waals surface area contributed by atoms with Crippen LogP contribution in [0.25, 0.3) is 0 Å². The third-order valence-corrected chi connectivity index (χ3v) is 4.60. The van der Waals surface area contributed by atoms with Gasteiger partial charge in [-0.25, -0.2) is 0 Å². The Hall–Kier alpha value is -3.88. The number of amides is 1. The number of para-hydroxylation sites is 2. The number of hydrogen-bond acceptors (Lipinski definition) is 5. The first-order valence-corrected chi connectivity index (χ1v) is 9.94. The van der Waals surface area contributed by atoms with Gasteiger partial charge in [0.25, 0.3) is 5.91 Å². The summed E-state index contributed by atoms with van der Waals surface area (Å²) in [6.07, 6.45) is -4.40. The summed E-state index contributed by atoms with van der Waals surface area (Å²) in [6.45, 7) is -0.966. The molecule has 0 saturated carbocycles. The van der Waals surface area contributed by atoms with Gasteiger partial charge in [-0.1, -0.05) is 42.5 Å². The van der Waals surface area contributed by atoms with Crippen LogP contribution in [0.5, 0.6) is 17.2 Å². The largest absolute Gasteiger partial charge is 0.493 e. The number of carbonyl (C=O) groups is 1. The van der Waals surface area contributed by atoms with Gasteiger partial charge in [-0.05, 0) is 29.8 Å². The van der Waals surface area contributed by atoms with Crippen molar-refractivity contribution in [3.8, 4) is 17.2 Å². The van der Waals surface area contributed by atoms with Crippen LogP contribution in [-0.2, 0) is 6.61 Å². The molecule has 0 aliphatic heterocycles. The number of nitrogens with one attached hydrogen (secondary N) is 2. The molecule has 9 heteroatoms. The molecule has 0 spiro atoms. The molecule has 174 valence electrons. The molecule has 0 heterocycles. The molecular formula is C24H23F3N2O4. The van der Waals surface area contributed by atoms with E-state index in [1.54, 1.807) is 12.1 Å². The highest BCUT2D eigenvalue weighted by Crippen LogP contribution is 2.39. The number of anilines is 2. The number of alkyl halides is 3. The molecule has 2 N–H and O–H groups in total. The minimum absolute atomic E-state index is 0.143. The third kappa shape index (κ3) is 6.55. The maximum Gasteiger partial charge on any atom is 0.405 e. The Morgan fingerprint density at radius 3 is 2.03 bits per heavy atom. The smallest absolute Gasteiger partial charge is 0.405 e. The van der Waals surface area contributed by atoms with Gasteiger partial charge in [0.1, 0.15) is 13.2 Å². The number of methoxy groups -OCH3 is 2. The molecule has 6 nitrogen and oxygen atoms in total. The summed E-state index contributed by atoms with van der Waals surface area (Å²) in [7, 11) is 2.87. The van der Waals surface area contributed by atoms with E-state index in [2.05, 4.69) is 10.6 Å². The van der Waals surface area contributed by atoms with Crippen molar-refractivity contribution in [1.29, 1.82) is 0 Å². The number of hydrogen-bond donors (Lipinski definition) is 2. The Bertz CT molecular complexity index is 1060. The standard InChI is InChI=1S/C24H23F3N2O4/c1-31-20-12-17(13-21(32-2)22(20)33-14-16-8-4-3-5-9-16)23(30)29-19-11-7-6-10-18(19)28-15-24(25,26)27/h3-13,28H,14-15H2,1-2H3,(H,29,30). The van der Waals surface area contributed by atoms with E-state index < -0.39 is 18.6 Å². The van der Waals surface area contributed by atoms with Crippen molar-refractivity contribution in [3.05, 3.63) is 77.9 Å². The second-order valence-corrected chi connectivity index (χ2v) is 6.95. The van der Waals surface area contributed by atoms with Gasteiger partial charge in [-0.3, -0.25) is 4.79 Å². The number of halogens is 3. The van der Waals surface area contributed by atoms with E-state index in [1.807, 2.05) is 30.3 Å². The normalized spacial score (nSPS) is 10.9. The molecule has 3 aromatic carbocycles. The van der Waals surface area contributed by atoms with E-state index in [4.69, 9.17) is 14.2 Å². The summed E-state index contributed by atoms with van der Waals surface area (Å²) < 4.78 is 54.4. The number of ether oxygens (including phenoxy) is 3. The highest BCUT2D eigenvalue weighted by Gasteiger charge is 2.27. The second-order valence-electron chi connectivity index (χ2n) is 6.95. The van der Waals surface area contributed by atoms with Crippen LogP contribution in [0.4, 0.5) is 24.5 Å². The summed E-state index contributed by atoms with van der Waals surface area (Å²) in [4.78, 5) is 12.9. The molecule has 0 fully saturated rings. The van der Waals surface area contributed by atoms with Crippen molar-refractivity contribution in [3.63, 3.8) is 0 Å². The summed E-state index contributed by atoms with van der Waals surface area (Å²) in [5.74, 6) is 0.327. The second kappa shape index (κ2) is 10.6. The van der Waals surface area contributed by atoms with Gasteiger partial charge in [0, 0.05) is 5.56 Å². The van der Waals surface area contributed by atoms with Crippen LogP contribution < -0.4 is 24.8 Å². The predicted molar refractivity (Wildman–Crippen MR) is 119 cm³/mol. The van der Waals surface area contributed by atoms with Gasteiger partial charge in [0.15, 0.2) is 11.5 Å². The number of benzene rings is 3. The average Bonchev–Trinajstić information content (AvgIpc) is 2.81. The lowest BCUT2D eigenvalue weighted by atomic mass is 10.1. The van der Waals surface area contributed by atoms with Gasteiger partial charge in [0.05, 0.1) is 25.6 Å². The van der Waals surface area contributed by atoms with E-state index in [0.717, 1.165) is 5.56 Å². The third-order valence-electron chi connectivity index (χ3n) is 4.60. The van der Waals surface area contributed by atoms with Crippen molar-refractivity contribution in [2.24, 2.45) is 0 Å². The molecule has 0 bridgehead atoms. The van der Waals surface area contributed by atoms with Gasteiger partial charge >= 0.3 is 6.18 Å². The highest BCUT2D eigenvalue weighted by molar-refractivity contribution is 6.06. The summed E-state index contributed by atoms with van der Waals surface area (Å²) in [5.41, 5.74) is 1.46. The van der Waals surface area contributed by atoms with E-state index in [0.29, 0.717) is 5.75 Å². The molecule has 0 unspecified atom stereocenters. The first-order valence-electron chi connectivity index (χ1n) is 9.94. The van der Waals surface area contributed by atoms with Crippen molar-refractivity contribution < 1.29 is 32.2 Å². The Labute approximate surface area is 189 Å². The molecule has 0 radical (unpaired) electrons. The van der Waals surface area contributed by atoms with E-state index in [-0.39, 0.29) is 35.0 Å². The Morgan fingerprint density at radius 1 is 0.879 bits per heavy atom. The maximum atomic E-state index is 12.9. The molecule has 0 aromatic heterocycles. The van der Waals surface area contributed by atoms with Crippen LogP contribution in [0.1, 0.15) is 15.9 Å². The van der Waals surface area contributed by atoms with E-state index in [1.165, 1.54) is 38.5 Å². The molecule has 1 amide bonds. The number of rotatable bonds is 9. The monoisotopic (exact) mass is 460 g/mol. The van der Waals surface area contributed by atoms with Crippen LogP contribution in [0.2, 0.25) is 0 Å². The topological polar surface area (TPSA) is 68.8 Å². The quantitative estimate of drug-likeness (QED) is 0.441. The van der Waals surface area contributed by atoms with Gasteiger partial charge in [-0.2, -0.15) is 13.2 Å². The zero-order chi connectivity index (χ0) is 23.8. The van der Waals surface area contributed by atoms with Crippen molar-refractivity contribution >= 4 is 17.3 Å². The molecule has 3 aromatic rings. The van der Waals surface area contributed by atoms with Crippen molar-refractivity contribution in [1.82, 2.24) is 0 Å². The van der Waals surface area contributed by atoms with Crippen LogP contribution in [-0.4, -0.2) is 32.8 Å². The Balaban J connectivity index is 1.81. The first kappa shape index (κ1) is 23.8. The lowest BCUT2D eigenvalue weighted by molar-refractivity contribution is -0.115. The zero-order valence-corrected chi connectivity index (χ0v) is 18.0. The minimum Gasteiger partial charge on any atom is -0.493 e. The minimum atomic E-state index is -4.40. The lowest BCUT2D eigenvalue weighted by Crippen LogP contribution is -2.22. The molecule has 0 aliphatic rings. The first-order chi connectivity index (χ1) is 15.8. The summed E-state index contributed by atoms with van der Waals surface area (Å²) in [6, 6.07) is 18.6. The molecular weight excluding hydrogens is 437 g/mol. The molecule has 0 aliphatic carbocycles. The fourth-order valence-corrected chi connectivity index (χ4v) is 3.02.